The highest BCUT2D eigenvalue weighted by Gasteiger charge is 2.01. The third-order valence-corrected chi connectivity index (χ3v) is 3.11. The molecule has 0 radical (unpaired) electrons. The van der Waals surface area contributed by atoms with Crippen molar-refractivity contribution in [1.82, 2.24) is 0 Å². The Balaban J connectivity index is 2.14. The highest BCUT2D eigenvalue weighted by molar-refractivity contribution is 14.1. The van der Waals surface area contributed by atoms with Gasteiger partial charge in [-0.3, -0.25) is 0 Å². The van der Waals surface area contributed by atoms with Crippen molar-refractivity contribution < 1.29 is 4.74 Å². The van der Waals surface area contributed by atoms with Gasteiger partial charge in [-0.25, -0.2) is 0 Å². The van der Waals surface area contributed by atoms with Crippen molar-refractivity contribution >= 4 is 22.6 Å². The van der Waals surface area contributed by atoms with E-state index in [-0.39, 0.29) is 6.04 Å². The van der Waals surface area contributed by atoms with Crippen LogP contribution in [0.15, 0.2) is 48.5 Å². The van der Waals surface area contributed by atoms with Crippen LogP contribution in [0.5, 0.6) is 11.5 Å². The van der Waals surface area contributed by atoms with Gasteiger partial charge in [0.15, 0.2) is 0 Å². The summed E-state index contributed by atoms with van der Waals surface area (Å²) < 4.78 is 6.91. The predicted molar refractivity (Wildman–Crippen MR) is 78.3 cm³/mol. The number of halogens is 1. The summed E-state index contributed by atoms with van der Waals surface area (Å²) in [6.45, 7) is 1.97. The molecule has 0 unspecified atom stereocenters. The highest BCUT2D eigenvalue weighted by Crippen LogP contribution is 2.24. The molecule has 0 spiro atoms. The van der Waals surface area contributed by atoms with Crippen molar-refractivity contribution in [1.29, 1.82) is 0 Å². The van der Waals surface area contributed by atoms with Crippen LogP contribution in [0.2, 0.25) is 0 Å². The van der Waals surface area contributed by atoms with Gasteiger partial charge in [0.05, 0.1) is 0 Å². The summed E-state index contributed by atoms with van der Waals surface area (Å²) in [6, 6.07) is 15.9. The monoisotopic (exact) mass is 339 g/mol. The molecular formula is C14H14INO. The summed E-state index contributed by atoms with van der Waals surface area (Å²) in [6.07, 6.45) is 0. The normalized spacial score (nSPS) is 12.2. The van der Waals surface area contributed by atoms with Crippen molar-refractivity contribution in [3.05, 3.63) is 57.7 Å². The lowest BCUT2D eigenvalue weighted by Gasteiger charge is -2.08. The van der Waals surface area contributed by atoms with Crippen molar-refractivity contribution in [3.63, 3.8) is 0 Å². The summed E-state index contributed by atoms with van der Waals surface area (Å²) in [4.78, 5) is 0. The lowest BCUT2D eigenvalue weighted by molar-refractivity contribution is 0.482. The van der Waals surface area contributed by atoms with Crippen molar-refractivity contribution in [2.45, 2.75) is 13.0 Å². The molecular weight excluding hydrogens is 325 g/mol. The fraction of sp³-hybridized carbons (Fsp3) is 0.143. The lowest BCUT2D eigenvalue weighted by Crippen LogP contribution is -2.04. The minimum absolute atomic E-state index is 0.0572. The minimum atomic E-state index is 0.0572. The third kappa shape index (κ3) is 3.44. The Kier molecular flexibility index (Phi) is 4.02. The zero-order chi connectivity index (χ0) is 12.3. The van der Waals surface area contributed by atoms with Crippen LogP contribution in [-0.2, 0) is 0 Å². The first kappa shape index (κ1) is 12.4. The third-order valence-electron chi connectivity index (χ3n) is 2.44. The average Bonchev–Trinajstić information content (AvgIpc) is 2.29. The van der Waals surface area contributed by atoms with Crippen LogP contribution >= 0.6 is 22.6 Å². The van der Waals surface area contributed by atoms with Gasteiger partial charge < -0.3 is 10.5 Å². The van der Waals surface area contributed by atoms with Gasteiger partial charge in [-0.05, 0) is 65.4 Å². The summed E-state index contributed by atoms with van der Waals surface area (Å²) in [5.41, 5.74) is 6.91. The maximum Gasteiger partial charge on any atom is 0.128 e. The van der Waals surface area contributed by atoms with Crippen LogP contribution in [-0.4, -0.2) is 0 Å². The maximum absolute atomic E-state index is 5.79. The molecule has 3 heteroatoms. The van der Waals surface area contributed by atoms with E-state index in [1.54, 1.807) is 0 Å². The van der Waals surface area contributed by atoms with Crippen LogP contribution in [0.1, 0.15) is 18.5 Å². The molecule has 0 bridgehead atoms. The zero-order valence-electron chi connectivity index (χ0n) is 9.56. The molecule has 0 aliphatic rings. The highest BCUT2D eigenvalue weighted by atomic mass is 127. The van der Waals surface area contributed by atoms with Crippen LogP contribution in [0.4, 0.5) is 0 Å². The molecule has 2 rings (SSSR count). The van der Waals surface area contributed by atoms with Gasteiger partial charge >= 0.3 is 0 Å². The molecule has 2 aromatic carbocycles. The Morgan fingerprint density at radius 3 is 2.35 bits per heavy atom. The molecule has 2 N–H and O–H groups in total. The van der Waals surface area contributed by atoms with Crippen molar-refractivity contribution in [2.24, 2.45) is 5.73 Å². The van der Waals surface area contributed by atoms with Gasteiger partial charge in [0.1, 0.15) is 11.5 Å². The van der Waals surface area contributed by atoms with Crippen LogP contribution in [0.3, 0.4) is 0 Å². The molecule has 1 atom stereocenters. The lowest BCUT2D eigenvalue weighted by atomic mass is 10.1. The largest absolute Gasteiger partial charge is 0.457 e. The van der Waals surface area contributed by atoms with Gasteiger partial charge in [0, 0.05) is 9.61 Å². The summed E-state index contributed by atoms with van der Waals surface area (Å²) in [5, 5.41) is 0. The SMILES string of the molecule is C[C@@H](N)c1ccc(Oc2cccc(I)c2)cc1. The number of benzene rings is 2. The van der Waals surface area contributed by atoms with Crippen LogP contribution in [0.25, 0.3) is 0 Å². The molecule has 0 saturated heterocycles. The second-order valence-electron chi connectivity index (χ2n) is 3.92. The predicted octanol–water partition coefficient (Wildman–Crippen LogP) is 4.10. The Morgan fingerprint density at radius 1 is 1.06 bits per heavy atom. The summed E-state index contributed by atoms with van der Waals surface area (Å²) in [7, 11) is 0. The quantitative estimate of drug-likeness (QED) is 0.855. The van der Waals surface area contributed by atoms with E-state index in [0.29, 0.717) is 0 Å². The second kappa shape index (κ2) is 5.51. The molecule has 0 fully saturated rings. The standard InChI is InChI=1S/C14H14INO/c1-10(16)11-5-7-13(8-6-11)17-14-4-2-3-12(15)9-14/h2-10H,16H2,1H3/t10-/m1/s1. The molecule has 2 aromatic rings. The van der Waals surface area contributed by atoms with E-state index < -0.39 is 0 Å². The first-order chi connectivity index (χ1) is 8.15. The number of ether oxygens (including phenoxy) is 1. The first-order valence-corrected chi connectivity index (χ1v) is 6.52. The Labute approximate surface area is 115 Å². The van der Waals surface area contributed by atoms with Gasteiger partial charge in [0.2, 0.25) is 0 Å². The van der Waals surface area contributed by atoms with Crippen molar-refractivity contribution in [2.75, 3.05) is 0 Å². The smallest absolute Gasteiger partial charge is 0.128 e. The zero-order valence-corrected chi connectivity index (χ0v) is 11.7. The average molecular weight is 339 g/mol. The molecule has 0 amide bonds. The fourth-order valence-corrected chi connectivity index (χ4v) is 2.02. The van der Waals surface area contributed by atoms with E-state index in [1.807, 2.05) is 55.5 Å². The first-order valence-electron chi connectivity index (χ1n) is 5.44. The van der Waals surface area contributed by atoms with E-state index in [2.05, 4.69) is 22.6 Å². The summed E-state index contributed by atoms with van der Waals surface area (Å²) in [5.74, 6) is 1.68. The Bertz CT molecular complexity index is 494. The molecule has 0 saturated carbocycles. The minimum Gasteiger partial charge on any atom is -0.457 e. The second-order valence-corrected chi connectivity index (χ2v) is 5.16. The molecule has 0 aliphatic carbocycles. The number of hydrogen-bond donors (Lipinski definition) is 1. The van der Waals surface area contributed by atoms with Gasteiger partial charge in [-0.15, -0.1) is 0 Å². The molecule has 17 heavy (non-hydrogen) atoms. The number of nitrogens with two attached hydrogens (primary N) is 1. The van der Waals surface area contributed by atoms with Crippen LogP contribution in [0, 0.1) is 3.57 Å². The van der Waals surface area contributed by atoms with Crippen molar-refractivity contribution in [3.8, 4) is 11.5 Å². The number of hydrogen-bond acceptors (Lipinski definition) is 2. The van der Waals surface area contributed by atoms with E-state index >= 15 is 0 Å². The molecule has 0 heterocycles. The van der Waals surface area contributed by atoms with Crippen LogP contribution < -0.4 is 10.5 Å². The maximum atomic E-state index is 5.79. The molecule has 0 aromatic heterocycles. The van der Waals surface area contributed by atoms with E-state index in [0.717, 1.165) is 20.6 Å². The van der Waals surface area contributed by atoms with E-state index in [9.17, 15) is 0 Å². The van der Waals surface area contributed by atoms with E-state index in [4.69, 9.17) is 10.5 Å². The van der Waals surface area contributed by atoms with Gasteiger partial charge in [-0.1, -0.05) is 18.2 Å². The molecule has 0 aliphatic heterocycles. The van der Waals surface area contributed by atoms with Gasteiger partial charge in [-0.2, -0.15) is 0 Å². The fourth-order valence-electron chi connectivity index (χ4n) is 1.51. The Morgan fingerprint density at radius 2 is 1.76 bits per heavy atom. The molecule has 88 valence electrons. The Hall–Kier alpha value is -1.07. The topological polar surface area (TPSA) is 35.2 Å². The van der Waals surface area contributed by atoms with E-state index in [1.165, 1.54) is 0 Å². The summed E-state index contributed by atoms with van der Waals surface area (Å²) >= 11 is 2.27. The number of rotatable bonds is 3. The van der Waals surface area contributed by atoms with Gasteiger partial charge in [0.25, 0.3) is 0 Å². The molecule has 2 nitrogen and oxygen atoms in total.